The molecule has 1 rings (SSSR count). The molecular formula is C19H34IN5O. The molecule has 0 saturated heterocycles. The highest BCUT2D eigenvalue weighted by molar-refractivity contribution is 14.0. The van der Waals surface area contributed by atoms with Crippen molar-refractivity contribution >= 4 is 41.5 Å². The number of halogens is 1. The highest BCUT2D eigenvalue weighted by atomic mass is 127. The maximum Gasteiger partial charge on any atom is 0.243 e. The molecule has 1 aromatic rings. The van der Waals surface area contributed by atoms with E-state index in [1.54, 1.807) is 19.0 Å². The van der Waals surface area contributed by atoms with Crippen molar-refractivity contribution in [1.82, 2.24) is 15.5 Å². The number of carbonyl (C=O) groups excluding carboxylic acids is 1. The van der Waals surface area contributed by atoms with Crippen LogP contribution in [-0.4, -0.2) is 63.6 Å². The monoisotopic (exact) mass is 475 g/mol. The van der Waals surface area contributed by atoms with Gasteiger partial charge in [0.15, 0.2) is 5.96 Å². The zero-order chi connectivity index (χ0) is 18.5. The van der Waals surface area contributed by atoms with Gasteiger partial charge in [0, 0.05) is 46.0 Å². The molecule has 2 N–H and O–H groups in total. The van der Waals surface area contributed by atoms with E-state index < -0.39 is 0 Å². The molecule has 0 atom stereocenters. The second-order valence-electron chi connectivity index (χ2n) is 6.08. The lowest BCUT2D eigenvalue weighted by atomic mass is 10.2. The predicted octanol–water partition coefficient (Wildman–Crippen LogP) is 2.55. The van der Waals surface area contributed by atoms with Crippen LogP contribution in [0.2, 0.25) is 0 Å². The standard InChI is InChI=1S/C19H33N5O.HI/c1-5-13-20-19(22-16-18(25)23(3)4)21-14-10-15-24(6-2)17-11-8-7-9-12-17;/h7-9,11-12H,5-6,10,13-16H2,1-4H3,(H2,20,21,22);1H. The van der Waals surface area contributed by atoms with E-state index in [0.717, 1.165) is 39.0 Å². The molecule has 148 valence electrons. The van der Waals surface area contributed by atoms with Crippen LogP contribution in [0, 0.1) is 0 Å². The third-order valence-corrected chi connectivity index (χ3v) is 3.81. The van der Waals surface area contributed by atoms with Crippen molar-refractivity contribution in [3.8, 4) is 0 Å². The molecule has 0 aromatic heterocycles. The summed E-state index contributed by atoms with van der Waals surface area (Å²) in [6.07, 6.45) is 2.01. The Morgan fingerprint density at radius 3 is 2.31 bits per heavy atom. The van der Waals surface area contributed by atoms with E-state index in [-0.39, 0.29) is 36.4 Å². The summed E-state index contributed by atoms with van der Waals surface area (Å²) in [6, 6.07) is 10.4. The third kappa shape index (κ3) is 9.84. The van der Waals surface area contributed by atoms with Gasteiger partial charge >= 0.3 is 0 Å². The molecule has 7 heteroatoms. The van der Waals surface area contributed by atoms with Crippen molar-refractivity contribution in [2.24, 2.45) is 4.99 Å². The van der Waals surface area contributed by atoms with Gasteiger partial charge in [-0.1, -0.05) is 25.1 Å². The minimum atomic E-state index is -0.00108. The fourth-order valence-electron chi connectivity index (χ4n) is 2.29. The summed E-state index contributed by atoms with van der Waals surface area (Å²) < 4.78 is 0. The van der Waals surface area contributed by atoms with Gasteiger partial charge in [-0.15, -0.1) is 24.0 Å². The van der Waals surface area contributed by atoms with Crippen LogP contribution < -0.4 is 15.5 Å². The number of benzene rings is 1. The third-order valence-electron chi connectivity index (χ3n) is 3.81. The first-order valence-corrected chi connectivity index (χ1v) is 9.10. The summed E-state index contributed by atoms with van der Waals surface area (Å²) in [7, 11) is 3.49. The SMILES string of the molecule is CCCNC(=NCC(=O)N(C)C)NCCCN(CC)c1ccccc1.I. The van der Waals surface area contributed by atoms with E-state index in [1.807, 2.05) is 6.07 Å². The van der Waals surface area contributed by atoms with Crippen molar-refractivity contribution in [3.63, 3.8) is 0 Å². The molecule has 6 nitrogen and oxygen atoms in total. The summed E-state index contributed by atoms with van der Waals surface area (Å²) in [4.78, 5) is 20.0. The van der Waals surface area contributed by atoms with E-state index in [9.17, 15) is 4.79 Å². The zero-order valence-electron chi connectivity index (χ0n) is 16.5. The predicted molar refractivity (Wildman–Crippen MR) is 122 cm³/mol. The number of nitrogens with one attached hydrogen (secondary N) is 2. The molecule has 0 unspecified atom stereocenters. The van der Waals surface area contributed by atoms with Gasteiger partial charge in [-0.05, 0) is 31.9 Å². The molecule has 0 bridgehead atoms. The largest absolute Gasteiger partial charge is 0.372 e. The van der Waals surface area contributed by atoms with Crippen LogP contribution in [0.5, 0.6) is 0 Å². The summed E-state index contributed by atoms with van der Waals surface area (Å²) in [5, 5.41) is 6.57. The van der Waals surface area contributed by atoms with E-state index in [0.29, 0.717) is 5.96 Å². The summed E-state index contributed by atoms with van der Waals surface area (Å²) >= 11 is 0. The van der Waals surface area contributed by atoms with Gasteiger partial charge < -0.3 is 20.4 Å². The average molecular weight is 475 g/mol. The number of anilines is 1. The second-order valence-corrected chi connectivity index (χ2v) is 6.08. The van der Waals surface area contributed by atoms with Crippen molar-refractivity contribution in [2.75, 3.05) is 51.7 Å². The second kappa shape index (κ2) is 14.6. The molecule has 0 heterocycles. The van der Waals surface area contributed by atoms with Crippen LogP contribution in [0.4, 0.5) is 5.69 Å². The van der Waals surface area contributed by atoms with E-state index >= 15 is 0 Å². The Kier molecular flexibility index (Phi) is 13.8. The van der Waals surface area contributed by atoms with Gasteiger partial charge in [0.2, 0.25) is 5.91 Å². The number of rotatable bonds is 10. The molecule has 1 amide bonds. The lowest BCUT2D eigenvalue weighted by Gasteiger charge is -2.23. The van der Waals surface area contributed by atoms with Crippen LogP contribution in [0.3, 0.4) is 0 Å². The number of aliphatic imine (C=N–C) groups is 1. The van der Waals surface area contributed by atoms with E-state index in [2.05, 4.69) is 58.6 Å². The van der Waals surface area contributed by atoms with Gasteiger partial charge in [-0.2, -0.15) is 0 Å². The van der Waals surface area contributed by atoms with Crippen LogP contribution >= 0.6 is 24.0 Å². The Labute approximate surface area is 175 Å². The quantitative estimate of drug-likeness (QED) is 0.237. The van der Waals surface area contributed by atoms with Crippen molar-refractivity contribution in [3.05, 3.63) is 30.3 Å². The van der Waals surface area contributed by atoms with Gasteiger partial charge in [0.05, 0.1) is 0 Å². The Hall–Kier alpha value is -1.51. The fraction of sp³-hybridized carbons (Fsp3) is 0.579. The smallest absolute Gasteiger partial charge is 0.243 e. The maximum atomic E-state index is 11.7. The molecule has 0 aliphatic carbocycles. The number of para-hydroxylation sites is 1. The molecule has 0 aliphatic rings. The number of amides is 1. The van der Waals surface area contributed by atoms with Crippen LogP contribution in [0.25, 0.3) is 0 Å². The van der Waals surface area contributed by atoms with Gasteiger partial charge in [0.1, 0.15) is 6.54 Å². The number of hydrogen-bond acceptors (Lipinski definition) is 3. The first kappa shape index (κ1) is 24.5. The van der Waals surface area contributed by atoms with Gasteiger partial charge in [-0.25, -0.2) is 4.99 Å². The number of nitrogens with zero attached hydrogens (tertiary/aromatic N) is 3. The summed E-state index contributed by atoms with van der Waals surface area (Å²) in [5.41, 5.74) is 1.25. The minimum Gasteiger partial charge on any atom is -0.372 e. The van der Waals surface area contributed by atoms with Crippen molar-refractivity contribution in [2.45, 2.75) is 26.7 Å². The minimum absolute atomic E-state index is 0. The van der Waals surface area contributed by atoms with E-state index in [4.69, 9.17) is 0 Å². The van der Waals surface area contributed by atoms with Gasteiger partial charge in [-0.3, -0.25) is 4.79 Å². The van der Waals surface area contributed by atoms with Crippen molar-refractivity contribution < 1.29 is 4.79 Å². The lowest BCUT2D eigenvalue weighted by Crippen LogP contribution is -2.40. The molecule has 0 radical (unpaired) electrons. The Bertz CT molecular complexity index is 522. The zero-order valence-corrected chi connectivity index (χ0v) is 18.8. The van der Waals surface area contributed by atoms with Crippen LogP contribution in [0.15, 0.2) is 35.3 Å². The topological polar surface area (TPSA) is 60.0 Å². The summed E-state index contributed by atoms with van der Waals surface area (Å²) in [5.74, 6) is 0.707. The Morgan fingerprint density at radius 2 is 1.73 bits per heavy atom. The molecular weight excluding hydrogens is 441 g/mol. The fourth-order valence-corrected chi connectivity index (χ4v) is 2.29. The normalized spacial score (nSPS) is 10.7. The number of hydrogen-bond donors (Lipinski definition) is 2. The van der Waals surface area contributed by atoms with Crippen LogP contribution in [0.1, 0.15) is 26.7 Å². The Morgan fingerprint density at radius 1 is 1.08 bits per heavy atom. The molecule has 0 aliphatic heterocycles. The molecule has 26 heavy (non-hydrogen) atoms. The lowest BCUT2D eigenvalue weighted by molar-refractivity contribution is -0.127. The van der Waals surface area contributed by atoms with E-state index in [1.165, 1.54) is 5.69 Å². The molecule has 1 aromatic carbocycles. The number of likely N-dealkylation sites (N-methyl/N-ethyl adjacent to an activating group) is 1. The van der Waals surface area contributed by atoms with Crippen LogP contribution in [-0.2, 0) is 4.79 Å². The molecule has 0 fully saturated rings. The van der Waals surface area contributed by atoms with Gasteiger partial charge in [0.25, 0.3) is 0 Å². The first-order valence-electron chi connectivity index (χ1n) is 9.10. The van der Waals surface area contributed by atoms with Crippen molar-refractivity contribution in [1.29, 1.82) is 0 Å². The Balaban J connectivity index is 0.00000625. The number of carbonyl (C=O) groups is 1. The highest BCUT2D eigenvalue weighted by Gasteiger charge is 2.05. The maximum absolute atomic E-state index is 11.7. The molecule has 0 spiro atoms. The summed E-state index contributed by atoms with van der Waals surface area (Å²) in [6.45, 7) is 8.05. The first-order chi connectivity index (χ1) is 12.1. The molecule has 0 saturated carbocycles. The highest BCUT2D eigenvalue weighted by Crippen LogP contribution is 2.12. The number of guanidine groups is 1. The average Bonchev–Trinajstić information content (AvgIpc) is 2.63.